The molecule has 1 atom stereocenters. The lowest BCUT2D eigenvalue weighted by molar-refractivity contribution is 0.167. The Bertz CT molecular complexity index is 1160. The van der Waals surface area contributed by atoms with Gasteiger partial charge in [0.1, 0.15) is 16.4 Å². The Morgan fingerprint density at radius 1 is 1.35 bits per heavy atom. The van der Waals surface area contributed by atoms with Crippen LogP contribution in [0.3, 0.4) is 0 Å². The second-order valence-electron chi connectivity index (χ2n) is 8.57. The van der Waals surface area contributed by atoms with Crippen LogP contribution in [0.1, 0.15) is 43.4 Å². The maximum absolute atomic E-state index is 11.2. The molecule has 1 aliphatic heterocycles. The summed E-state index contributed by atoms with van der Waals surface area (Å²) >= 11 is 1.24. The number of piperidine rings is 1. The number of ether oxygens (including phenoxy) is 1. The molecule has 1 aromatic carbocycles. The molecule has 0 radical (unpaired) electrons. The van der Waals surface area contributed by atoms with Crippen molar-refractivity contribution in [3.63, 3.8) is 0 Å². The Kier molecular flexibility index (Phi) is 7.40. The molecule has 7 N–H and O–H groups in total. The van der Waals surface area contributed by atoms with Gasteiger partial charge < -0.3 is 36.6 Å². The smallest absolute Gasteiger partial charge is 0.410 e. The first-order valence-corrected chi connectivity index (χ1v) is 12.3. The minimum absolute atomic E-state index is 0.151. The number of rotatable bonds is 8. The van der Waals surface area contributed by atoms with Gasteiger partial charge >= 0.3 is 6.09 Å². The average Bonchev–Trinajstić information content (AvgIpc) is 3.12. The number of benzene rings is 1. The van der Waals surface area contributed by atoms with E-state index in [0.29, 0.717) is 17.8 Å². The number of nitrogens with one attached hydrogen (secondary N) is 1. The fourth-order valence-corrected chi connectivity index (χ4v) is 5.39. The number of carbonyl (C=O) groups is 1. The number of fused-ring (bicyclic) bond motifs is 1. The number of carbonyl (C=O) groups excluding carboxylic acids is 1. The highest BCUT2D eigenvalue weighted by molar-refractivity contribution is 7.21. The van der Waals surface area contributed by atoms with Gasteiger partial charge in [0.25, 0.3) is 0 Å². The van der Waals surface area contributed by atoms with Crippen LogP contribution in [0.25, 0.3) is 10.2 Å². The number of primary amides is 1. The van der Waals surface area contributed by atoms with Crippen molar-refractivity contribution in [3.05, 3.63) is 41.5 Å². The zero-order valence-electron chi connectivity index (χ0n) is 19.2. The highest BCUT2D eigenvalue weighted by atomic mass is 32.1. The second kappa shape index (κ2) is 10.5. The molecule has 1 fully saturated rings. The molecule has 10 heteroatoms. The molecule has 182 valence electrons. The number of hydrogen-bond acceptors (Lipinski definition) is 9. The van der Waals surface area contributed by atoms with Crippen molar-refractivity contribution in [3.8, 4) is 10.8 Å². The Hall–Kier alpha value is -3.08. The predicted octanol–water partition coefficient (Wildman–Crippen LogP) is 3.29. The summed E-state index contributed by atoms with van der Waals surface area (Å²) in [7, 11) is 0. The number of thiophene rings is 1. The lowest BCUT2D eigenvalue weighted by atomic mass is 10.0. The second-order valence-corrected chi connectivity index (χ2v) is 9.54. The zero-order chi connectivity index (χ0) is 24.2. The first kappa shape index (κ1) is 24.1. The third kappa shape index (κ3) is 5.35. The summed E-state index contributed by atoms with van der Waals surface area (Å²) in [5, 5.41) is 24.6. The van der Waals surface area contributed by atoms with E-state index < -0.39 is 12.2 Å². The molecule has 3 aromatic rings. The third-order valence-corrected chi connectivity index (χ3v) is 7.10. The Balaban J connectivity index is 1.42. The van der Waals surface area contributed by atoms with Crippen LogP contribution >= 0.6 is 11.3 Å². The van der Waals surface area contributed by atoms with Crippen LogP contribution in [0.2, 0.25) is 0 Å². The van der Waals surface area contributed by atoms with E-state index in [-0.39, 0.29) is 16.9 Å². The van der Waals surface area contributed by atoms with E-state index >= 15 is 0 Å². The molecule has 1 unspecified atom stereocenters. The minimum Gasteiger partial charge on any atom is -0.508 e. The topological polar surface area (TPSA) is 147 Å². The molecule has 3 heterocycles. The summed E-state index contributed by atoms with van der Waals surface area (Å²) in [6, 6.07) is 9.08. The van der Waals surface area contributed by atoms with Gasteiger partial charge in [-0.25, -0.2) is 9.78 Å². The van der Waals surface area contributed by atoms with Gasteiger partial charge in [-0.1, -0.05) is 36.8 Å². The Morgan fingerprint density at radius 2 is 2.12 bits per heavy atom. The average molecular weight is 486 g/mol. The summed E-state index contributed by atoms with van der Waals surface area (Å²) in [6.07, 6.45) is 2.06. The summed E-state index contributed by atoms with van der Waals surface area (Å²) in [4.78, 5) is 19.1. The summed E-state index contributed by atoms with van der Waals surface area (Å²) in [5.41, 5.74) is 13.6. The first-order chi connectivity index (χ1) is 16.4. The minimum atomic E-state index is -0.890. The fourth-order valence-electron chi connectivity index (χ4n) is 4.40. The maximum atomic E-state index is 11.2. The number of aromatic hydroxyl groups is 1. The number of nitrogens with zero attached hydrogens (tertiary/aromatic N) is 2. The number of phenolic OH excluding ortho intramolecular Hbond substituents is 1. The van der Waals surface area contributed by atoms with E-state index in [4.69, 9.17) is 21.2 Å². The summed E-state index contributed by atoms with van der Waals surface area (Å²) in [6.45, 7) is 4.19. The lowest BCUT2D eigenvalue weighted by Gasteiger charge is -2.34. The van der Waals surface area contributed by atoms with Crippen molar-refractivity contribution < 1.29 is 19.7 Å². The molecule has 9 nitrogen and oxygen atoms in total. The van der Waals surface area contributed by atoms with Crippen LogP contribution in [0.4, 0.5) is 16.3 Å². The molecule has 1 saturated heterocycles. The van der Waals surface area contributed by atoms with Crippen LogP contribution in [0, 0.1) is 0 Å². The zero-order valence-corrected chi connectivity index (χ0v) is 20.0. The molecule has 1 amide bonds. The monoisotopic (exact) mass is 485 g/mol. The van der Waals surface area contributed by atoms with Crippen LogP contribution in [-0.4, -0.2) is 47.0 Å². The van der Waals surface area contributed by atoms with E-state index in [2.05, 4.69) is 23.2 Å². The number of aliphatic hydroxyl groups is 1. The molecule has 0 bridgehead atoms. The lowest BCUT2D eigenvalue weighted by Crippen LogP contribution is -2.44. The van der Waals surface area contributed by atoms with Crippen molar-refractivity contribution in [1.29, 1.82) is 0 Å². The van der Waals surface area contributed by atoms with Crippen molar-refractivity contribution in [2.24, 2.45) is 5.73 Å². The van der Waals surface area contributed by atoms with Crippen molar-refractivity contribution >= 4 is 39.2 Å². The Morgan fingerprint density at radius 3 is 2.79 bits per heavy atom. The summed E-state index contributed by atoms with van der Waals surface area (Å²) in [5.74, 6) is 1.04. The number of amides is 1. The van der Waals surface area contributed by atoms with E-state index in [1.807, 2.05) is 6.07 Å². The molecule has 1 aliphatic rings. The number of aromatic nitrogens is 1. The molecule has 0 spiro atoms. The number of hydrogen-bond donors (Lipinski definition) is 5. The van der Waals surface area contributed by atoms with Gasteiger partial charge in [-0.15, -0.1) is 0 Å². The third-order valence-electron chi connectivity index (χ3n) is 6.12. The number of aliphatic hydroxyl groups excluding tert-OH is 1. The molecule has 2 aromatic heterocycles. The molecule has 0 aliphatic carbocycles. The van der Waals surface area contributed by atoms with Gasteiger partial charge in [0.15, 0.2) is 0 Å². The van der Waals surface area contributed by atoms with E-state index in [1.54, 1.807) is 18.2 Å². The largest absolute Gasteiger partial charge is 0.508 e. The van der Waals surface area contributed by atoms with Crippen molar-refractivity contribution in [1.82, 2.24) is 10.3 Å². The van der Waals surface area contributed by atoms with E-state index in [1.165, 1.54) is 11.3 Å². The molecule has 4 rings (SSSR count). The number of pyridine rings is 1. The fraction of sp³-hybridized carbons (Fsp3) is 0.417. The van der Waals surface area contributed by atoms with Gasteiger partial charge in [0.2, 0.25) is 5.06 Å². The highest BCUT2D eigenvalue weighted by Crippen LogP contribution is 2.42. The number of phenols is 1. The standard InChI is InChI=1S/C24H31N5O4S/c1-2-4-15-12-19(28-22-20(15)21(25)23(34-22)33-24(26)32)29-9-7-16(8-10-29)27-13-18(31)14-5-3-6-17(30)11-14/h3,5-6,11-12,16,18,27,30-31H,2,4,7-10,13,25H2,1H3,(H2,26,32). The number of nitrogens with two attached hydrogens (primary N) is 2. The molecular weight excluding hydrogens is 454 g/mol. The van der Waals surface area contributed by atoms with E-state index in [9.17, 15) is 15.0 Å². The molecular formula is C24H31N5O4S. The number of aryl methyl sites for hydroxylation is 1. The Labute approximate surface area is 202 Å². The van der Waals surface area contributed by atoms with Crippen LogP contribution in [-0.2, 0) is 6.42 Å². The first-order valence-electron chi connectivity index (χ1n) is 11.5. The molecule has 34 heavy (non-hydrogen) atoms. The van der Waals surface area contributed by atoms with Gasteiger partial charge in [0.05, 0.1) is 11.8 Å². The predicted molar refractivity (Wildman–Crippen MR) is 135 cm³/mol. The highest BCUT2D eigenvalue weighted by Gasteiger charge is 2.24. The van der Waals surface area contributed by atoms with Gasteiger partial charge in [-0.3, -0.25) is 0 Å². The van der Waals surface area contributed by atoms with Crippen LogP contribution < -0.4 is 26.4 Å². The van der Waals surface area contributed by atoms with Gasteiger partial charge in [0, 0.05) is 31.1 Å². The van der Waals surface area contributed by atoms with E-state index in [0.717, 1.165) is 60.4 Å². The maximum Gasteiger partial charge on any atom is 0.410 e. The number of nitrogen functional groups attached to an aromatic ring is 1. The summed E-state index contributed by atoms with van der Waals surface area (Å²) < 4.78 is 5.08. The normalized spacial score (nSPS) is 15.5. The van der Waals surface area contributed by atoms with Crippen molar-refractivity contribution in [2.75, 3.05) is 30.3 Å². The quantitative estimate of drug-likeness (QED) is 0.327. The van der Waals surface area contributed by atoms with Gasteiger partial charge in [-0.2, -0.15) is 0 Å². The SMILES string of the molecule is CCCc1cc(N2CCC(NCC(O)c3cccc(O)c3)CC2)nc2sc(OC(N)=O)c(N)c12. The van der Waals surface area contributed by atoms with Crippen molar-refractivity contribution in [2.45, 2.75) is 44.8 Å². The number of anilines is 2. The molecule has 0 saturated carbocycles. The van der Waals surface area contributed by atoms with Crippen LogP contribution in [0.15, 0.2) is 30.3 Å². The van der Waals surface area contributed by atoms with Gasteiger partial charge in [-0.05, 0) is 48.6 Å². The van der Waals surface area contributed by atoms with Crippen LogP contribution in [0.5, 0.6) is 10.8 Å².